The first kappa shape index (κ1) is 18.6. The average Bonchev–Trinajstić information content (AvgIpc) is 3.35. The Balaban J connectivity index is 1.43. The summed E-state index contributed by atoms with van der Waals surface area (Å²) in [6.45, 7) is 2.68. The molecule has 1 aliphatic rings. The van der Waals surface area contributed by atoms with Crippen molar-refractivity contribution in [3.63, 3.8) is 0 Å². The molecule has 0 saturated heterocycles. The molecule has 3 heterocycles. The zero-order valence-corrected chi connectivity index (χ0v) is 16.7. The van der Waals surface area contributed by atoms with Crippen molar-refractivity contribution in [3.8, 4) is 6.07 Å². The molecule has 0 saturated carbocycles. The first-order chi connectivity index (χ1) is 13.7. The third-order valence-electron chi connectivity index (χ3n) is 4.47. The Morgan fingerprint density at radius 2 is 2.14 bits per heavy atom. The maximum absolute atomic E-state index is 12.4. The summed E-state index contributed by atoms with van der Waals surface area (Å²) in [4.78, 5) is 21.5. The number of thiophene rings is 1. The first-order valence-corrected chi connectivity index (χ1v) is 10.6. The van der Waals surface area contributed by atoms with Crippen LogP contribution in [0.15, 0.2) is 53.4 Å². The van der Waals surface area contributed by atoms with E-state index in [0.717, 1.165) is 36.6 Å². The lowest BCUT2D eigenvalue weighted by Gasteiger charge is -2.25. The smallest absolute Gasteiger partial charge is 0.268 e. The van der Waals surface area contributed by atoms with Gasteiger partial charge in [0.05, 0.1) is 5.69 Å². The van der Waals surface area contributed by atoms with Crippen molar-refractivity contribution >= 4 is 39.8 Å². The van der Waals surface area contributed by atoms with Gasteiger partial charge < -0.3 is 0 Å². The van der Waals surface area contributed by atoms with E-state index in [4.69, 9.17) is 0 Å². The third kappa shape index (κ3) is 4.37. The Morgan fingerprint density at radius 1 is 1.29 bits per heavy atom. The van der Waals surface area contributed by atoms with Gasteiger partial charge in [0, 0.05) is 35.8 Å². The molecule has 28 heavy (non-hydrogen) atoms. The number of carbonyl (C=O) groups is 1. The zero-order valence-electron chi connectivity index (χ0n) is 15.1. The molecule has 4 rings (SSSR count). The Bertz CT molecular complexity index is 1030. The van der Waals surface area contributed by atoms with Crippen LogP contribution in [-0.2, 0) is 24.3 Å². The molecule has 1 N–H and O–H groups in total. The van der Waals surface area contributed by atoms with Gasteiger partial charge in [0.25, 0.3) is 5.91 Å². The van der Waals surface area contributed by atoms with Crippen LogP contribution in [0.4, 0.5) is 5.13 Å². The predicted octanol–water partition coefficient (Wildman–Crippen LogP) is 4.31. The number of amides is 1. The molecule has 0 unspecified atom stereocenters. The minimum atomic E-state index is -0.414. The molecule has 0 aliphatic carbocycles. The quantitative estimate of drug-likeness (QED) is 0.506. The first-order valence-electron chi connectivity index (χ1n) is 8.93. The Morgan fingerprint density at radius 3 is 2.89 bits per heavy atom. The number of hydrogen-bond donors (Lipinski definition) is 1. The van der Waals surface area contributed by atoms with E-state index in [9.17, 15) is 10.1 Å². The number of anilines is 1. The normalized spacial score (nSPS) is 14.3. The highest BCUT2D eigenvalue weighted by Gasteiger charge is 2.22. The molecule has 140 valence electrons. The predicted molar refractivity (Wildman–Crippen MR) is 113 cm³/mol. The van der Waals surface area contributed by atoms with Gasteiger partial charge in [0.15, 0.2) is 5.13 Å². The Hall–Kier alpha value is -2.79. The lowest BCUT2D eigenvalue weighted by atomic mass is 10.1. The van der Waals surface area contributed by atoms with Crippen molar-refractivity contribution in [2.24, 2.45) is 0 Å². The maximum Gasteiger partial charge on any atom is 0.268 e. The molecule has 0 spiro atoms. The van der Waals surface area contributed by atoms with Crippen LogP contribution in [0, 0.1) is 11.3 Å². The third-order valence-corrected chi connectivity index (χ3v) is 6.29. The number of nitriles is 1. The lowest BCUT2D eigenvalue weighted by molar-refractivity contribution is -0.112. The minimum Gasteiger partial charge on any atom is -0.297 e. The standard InChI is InChI=1S/C21H18N4OS2/c22-12-16(11-17-7-4-10-27-17)20(26)24-21-23-18-8-9-25(14-19(18)28-21)13-15-5-2-1-3-6-15/h1-7,10-11H,8-9,13-14H2,(H,23,24,26). The number of aromatic nitrogens is 1. The summed E-state index contributed by atoms with van der Waals surface area (Å²) in [5, 5.41) is 14.6. The molecule has 1 amide bonds. The van der Waals surface area contributed by atoms with Crippen LogP contribution in [0.5, 0.6) is 0 Å². The zero-order chi connectivity index (χ0) is 19.3. The van der Waals surface area contributed by atoms with Crippen molar-refractivity contribution in [2.75, 3.05) is 11.9 Å². The van der Waals surface area contributed by atoms with Crippen LogP contribution in [-0.4, -0.2) is 22.3 Å². The molecule has 0 bridgehead atoms. The molecule has 3 aromatic rings. The van der Waals surface area contributed by atoms with Crippen LogP contribution in [0.2, 0.25) is 0 Å². The number of benzene rings is 1. The fourth-order valence-electron chi connectivity index (χ4n) is 3.11. The van der Waals surface area contributed by atoms with Crippen molar-refractivity contribution in [3.05, 3.63) is 74.4 Å². The van der Waals surface area contributed by atoms with Crippen LogP contribution in [0.25, 0.3) is 6.08 Å². The number of hydrogen-bond acceptors (Lipinski definition) is 6. The summed E-state index contributed by atoms with van der Waals surface area (Å²) in [5.74, 6) is -0.414. The summed E-state index contributed by atoms with van der Waals surface area (Å²) >= 11 is 2.98. The van der Waals surface area contributed by atoms with Gasteiger partial charge >= 0.3 is 0 Å². The van der Waals surface area contributed by atoms with E-state index < -0.39 is 5.91 Å². The Kier molecular flexibility index (Phi) is 5.63. The van der Waals surface area contributed by atoms with E-state index in [1.807, 2.05) is 29.6 Å². The lowest BCUT2D eigenvalue weighted by Crippen LogP contribution is -2.29. The number of rotatable bonds is 5. The molecule has 1 aromatic carbocycles. The van der Waals surface area contributed by atoms with E-state index in [1.54, 1.807) is 6.08 Å². The van der Waals surface area contributed by atoms with Gasteiger partial charge in [-0.3, -0.25) is 15.0 Å². The van der Waals surface area contributed by atoms with Gasteiger partial charge in [-0.25, -0.2) is 4.98 Å². The Labute approximate surface area is 171 Å². The number of nitrogens with one attached hydrogen (secondary N) is 1. The van der Waals surface area contributed by atoms with Gasteiger partial charge in [-0.2, -0.15) is 5.26 Å². The second-order valence-corrected chi connectivity index (χ2v) is 8.54. The van der Waals surface area contributed by atoms with Gasteiger partial charge in [-0.05, 0) is 23.1 Å². The molecule has 0 radical (unpaired) electrons. The monoisotopic (exact) mass is 406 g/mol. The molecule has 7 heteroatoms. The number of fused-ring (bicyclic) bond motifs is 1. The van der Waals surface area contributed by atoms with Crippen molar-refractivity contribution < 1.29 is 4.79 Å². The van der Waals surface area contributed by atoms with Gasteiger partial charge in [-0.1, -0.05) is 36.4 Å². The van der Waals surface area contributed by atoms with Crippen molar-refractivity contribution in [1.82, 2.24) is 9.88 Å². The molecular weight excluding hydrogens is 388 g/mol. The van der Waals surface area contributed by atoms with E-state index in [1.165, 1.54) is 33.1 Å². The van der Waals surface area contributed by atoms with E-state index >= 15 is 0 Å². The summed E-state index contributed by atoms with van der Waals surface area (Å²) in [7, 11) is 0. The summed E-state index contributed by atoms with van der Waals surface area (Å²) in [6, 6.07) is 16.2. The topological polar surface area (TPSA) is 69.0 Å². The largest absolute Gasteiger partial charge is 0.297 e. The summed E-state index contributed by atoms with van der Waals surface area (Å²) in [5.41, 5.74) is 2.42. The van der Waals surface area contributed by atoms with Gasteiger partial charge in [-0.15, -0.1) is 22.7 Å². The highest BCUT2D eigenvalue weighted by molar-refractivity contribution is 7.16. The molecule has 2 aromatic heterocycles. The van der Waals surface area contributed by atoms with E-state index in [-0.39, 0.29) is 5.57 Å². The second-order valence-electron chi connectivity index (χ2n) is 6.47. The van der Waals surface area contributed by atoms with Crippen LogP contribution in [0.1, 0.15) is 21.0 Å². The number of nitrogens with zero attached hydrogens (tertiary/aromatic N) is 3. The molecule has 0 atom stereocenters. The number of carbonyl (C=O) groups excluding carboxylic acids is 1. The highest BCUT2D eigenvalue weighted by Crippen LogP contribution is 2.29. The van der Waals surface area contributed by atoms with Gasteiger partial charge in [0.2, 0.25) is 0 Å². The van der Waals surface area contributed by atoms with Crippen molar-refractivity contribution in [1.29, 1.82) is 5.26 Å². The van der Waals surface area contributed by atoms with Crippen molar-refractivity contribution in [2.45, 2.75) is 19.5 Å². The molecule has 1 aliphatic heterocycles. The minimum absolute atomic E-state index is 0.0846. The molecular formula is C21H18N4OS2. The molecule has 0 fully saturated rings. The van der Waals surface area contributed by atoms with Crippen LogP contribution < -0.4 is 5.32 Å². The SMILES string of the molecule is N#CC(=Cc1cccs1)C(=O)Nc1nc2c(s1)CN(Cc1ccccc1)CC2. The van der Waals surface area contributed by atoms with Crippen LogP contribution >= 0.6 is 22.7 Å². The highest BCUT2D eigenvalue weighted by atomic mass is 32.1. The second kappa shape index (κ2) is 8.48. The van der Waals surface area contributed by atoms with E-state index in [2.05, 4.69) is 39.5 Å². The fraction of sp³-hybridized carbons (Fsp3) is 0.190. The summed E-state index contributed by atoms with van der Waals surface area (Å²) in [6.07, 6.45) is 2.47. The average molecular weight is 407 g/mol. The fourth-order valence-corrected chi connectivity index (χ4v) is 4.81. The van der Waals surface area contributed by atoms with E-state index in [0.29, 0.717) is 5.13 Å². The maximum atomic E-state index is 12.4. The number of thiazole rings is 1. The molecule has 5 nitrogen and oxygen atoms in total. The van der Waals surface area contributed by atoms with Gasteiger partial charge in [0.1, 0.15) is 11.6 Å². The van der Waals surface area contributed by atoms with Crippen LogP contribution in [0.3, 0.4) is 0 Å². The summed E-state index contributed by atoms with van der Waals surface area (Å²) < 4.78 is 0.